The number of ether oxygens (including phenoxy) is 2. The Kier molecular flexibility index (Phi) is 9.09. The largest absolute Gasteiger partial charge is 0.480 e. The monoisotopic (exact) mass is 303 g/mol. The molecule has 21 heavy (non-hydrogen) atoms. The summed E-state index contributed by atoms with van der Waals surface area (Å²) in [6, 6.07) is 0.141. The Hall–Kier alpha value is -0.650. The minimum Gasteiger partial charge on any atom is -0.480 e. The maximum Gasteiger partial charge on any atom is 0.323 e. The van der Waals surface area contributed by atoms with Crippen molar-refractivity contribution in [2.45, 2.75) is 78.0 Å². The zero-order valence-electron chi connectivity index (χ0n) is 14.5. The highest BCUT2D eigenvalue weighted by Crippen LogP contribution is 2.19. The topological polar surface area (TPSA) is 67.8 Å². The Labute approximate surface area is 129 Å². The molecule has 1 atom stereocenters. The van der Waals surface area contributed by atoms with Crippen molar-refractivity contribution in [2.24, 2.45) is 0 Å². The summed E-state index contributed by atoms with van der Waals surface area (Å²) in [4.78, 5) is 11.5. The summed E-state index contributed by atoms with van der Waals surface area (Å²) in [5.41, 5.74) is -0.995. The predicted molar refractivity (Wildman–Crippen MR) is 84.7 cm³/mol. The van der Waals surface area contributed by atoms with E-state index in [1.165, 1.54) is 0 Å². The lowest BCUT2D eigenvalue weighted by molar-refractivity contribution is -0.146. The van der Waals surface area contributed by atoms with Crippen molar-refractivity contribution in [1.29, 1.82) is 0 Å². The Bertz CT molecular complexity index is 299. The minimum absolute atomic E-state index is 0.141. The van der Waals surface area contributed by atoms with Gasteiger partial charge in [-0.3, -0.25) is 10.1 Å². The molecule has 2 N–H and O–H groups in total. The minimum atomic E-state index is -0.848. The average Bonchev–Trinajstić information content (AvgIpc) is 2.34. The molecule has 1 unspecified atom stereocenters. The van der Waals surface area contributed by atoms with Crippen LogP contribution in [0.3, 0.4) is 0 Å². The van der Waals surface area contributed by atoms with E-state index in [9.17, 15) is 9.90 Å². The number of carbonyl (C=O) groups is 1. The standard InChI is InChI=1S/C16H33NO4/c1-7-16(14(18)19,17-13(2)3)9-8-10-20-11-12-21-15(4,5)6/h13,17H,7-12H2,1-6H3,(H,18,19). The van der Waals surface area contributed by atoms with E-state index in [2.05, 4.69) is 5.32 Å². The summed E-state index contributed by atoms with van der Waals surface area (Å²) < 4.78 is 11.1. The van der Waals surface area contributed by atoms with Gasteiger partial charge in [-0.2, -0.15) is 0 Å². The number of nitrogens with one attached hydrogen (secondary N) is 1. The van der Waals surface area contributed by atoms with Gasteiger partial charge in [-0.15, -0.1) is 0 Å². The molecule has 5 heteroatoms. The average molecular weight is 303 g/mol. The number of hydrogen-bond donors (Lipinski definition) is 2. The summed E-state index contributed by atoms with van der Waals surface area (Å²) in [7, 11) is 0. The zero-order valence-corrected chi connectivity index (χ0v) is 14.5. The Morgan fingerprint density at radius 3 is 2.24 bits per heavy atom. The first-order valence-electron chi connectivity index (χ1n) is 7.86. The fourth-order valence-electron chi connectivity index (χ4n) is 2.21. The highest BCUT2D eigenvalue weighted by Gasteiger charge is 2.36. The van der Waals surface area contributed by atoms with Crippen LogP contribution in [0.4, 0.5) is 0 Å². The molecule has 126 valence electrons. The van der Waals surface area contributed by atoms with Gasteiger partial charge in [0.15, 0.2) is 0 Å². The molecule has 0 aliphatic rings. The normalized spacial score (nSPS) is 15.2. The van der Waals surface area contributed by atoms with Crippen molar-refractivity contribution in [3.05, 3.63) is 0 Å². The van der Waals surface area contributed by atoms with E-state index >= 15 is 0 Å². The quantitative estimate of drug-likeness (QED) is 0.574. The van der Waals surface area contributed by atoms with Crippen LogP contribution in [0.25, 0.3) is 0 Å². The number of rotatable bonds is 11. The van der Waals surface area contributed by atoms with Crippen LogP contribution in [0.1, 0.15) is 60.8 Å². The summed E-state index contributed by atoms with van der Waals surface area (Å²) in [5.74, 6) is -0.783. The molecule has 0 spiro atoms. The third kappa shape index (κ3) is 9.06. The molecule has 0 heterocycles. The fourth-order valence-corrected chi connectivity index (χ4v) is 2.21. The van der Waals surface area contributed by atoms with Crippen LogP contribution in [-0.4, -0.2) is 48.1 Å². The first-order chi connectivity index (χ1) is 9.63. The lowest BCUT2D eigenvalue weighted by atomic mass is 9.89. The SMILES string of the molecule is CCC(CCCOCCOC(C)(C)C)(NC(C)C)C(=O)O. The molecule has 0 rings (SSSR count). The van der Waals surface area contributed by atoms with Gasteiger partial charge in [-0.05, 0) is 53.9 Å². The molecular formula is C16H33NO4. The van der Waals surface area contributed by atoms with Crippen LogP contribution in [0.2, 0.25) is 0 Å². The van der Waals surface area contributed by atoms with E-state index in [1.54, 1.807) is 0 Å². The van der Waals surface area contributed by atoms with Crippen molar-refractivity contribution in [2.75, 3.05) is 19.8 Å². The molecule has 5 nitrogen and oxygen atoms in total. The smallest absolute Gasteiger partial charge is 0.323 e. The first-order valence-corrected chi connectivity index (χ1v) is 7.86. The van der Waals surface area contributed by atoms with Gasteiger partial charge in [-0.25, -0.2) is 0 Å². The van der Waals surface area contributed by atoms with E-state index in [4.69, 9.17) is 9.47 Å². The number of carboxylic acids is 1. The predicted octanol–water partition coefficient (Wildman–Crippen LogP) is 2.83. The molecule has 0 radical (unpaired) electrons. The second kappa shape index (κ2) is 9.38. The maximum absolute atomic E-state index is 11.5. The molecule has 0 fully saturated rings. The van der Waals surface area contributed by atoms with Crippen molar-refractivity contribution in [1.82, 2.24) is 5.32 Å². The van der Waals surface area contributed by atoms with E-state index in [0.717, 1.165) is 6.42 Å². The molecule has 0 aliphatic carbocycles. The lowest BCUT2D eigenvalue weighted by Gasteiger charge is -2.31. The van der Waals surface area contributed by atoms with Crippen LogP contribution in [0.5, 0.6) is 0 Å². The zero-order chi connectivity index (χ0) is 16.5. The van der Waals surface area contributed by atoms with E-state index in [-0.39, 0.29) is 11.6 Å². The number of carboxylic acid groups (broad SMARTS) is 1. The van der Waals surface area contributed by atoms with Gasteiger partial charge in [0.1, 0.15) is 5.54 Å². The molecule has 0 aromatic rings. The molecule has 0 bridgehead atoms. The third-order valence-electron chi connectivity index (χ3n) is 3.23. The van der Waals surface area contributed by atoms with Gasteiger partial charge in [-0.1, -0.05) is 6.92 Å². The maximum atomic E-state index is 11.5. The van der Waals surface area contributed by atoms with Crippen molar-refractivity contribution in [3.8, 4) is 0 Å². The van der Waals surface area contributed by atoms with E-state index in [1.807, 2.05) is 41.5 Å². The second-order valence-corrected chi connectivity index (χ2v) is 6.72. The molecular weight excluding hydrogens is 270 g/mol. The Morgan fingerprint density at radius 2 is 1.81 bits per heavy atom. The highest BCUT2D eigenvalue weighted by atomic mass is 16.5. The molecule has 0 amide bonds. The Balaban J connectivity index is 4.02. The molecule has 0 saturated carbocycles. The first kappa shape index (κ1) is 20.3. The highest BCUT2D eigenvalue weighted by molar-refractivity contribution is 5.78. The van der Waals surface area contributed by atoms with Crippen molar-refractivity contribution >= 4 is 5.97 Å². The van der Waals surface area contributed by atoms with Gasteiger partial charge in [0.25, 0.3) is 0 Å². The summed E-state index contributed by atoms with van der Waals surface area (Å²) in [6.45, 7) is 13.5. The lowest BCUT2D eigenvalue weighted by Crippen LogP contribution is -2.54. The Morgan fingerprint density at radius 1 is 1.19 bits per heavy atom. The molecule has 0 saturated heterocycles. The molecule has 0 aromatic heterocycles. The molecule has 0 aromatic carbocycles. The third-order valence-corrected chi connectivity index (χ3v) is 3.23. The summed E-state index contributed by atoms with van der Waals surface area (Å²) in [5, 5.41) is 12.7. The van der Waals surface area contributed by atoms with Crippen molar-refractivity contribution < 1.29 is 19.4 Å². The van der Waals surface area contributed by atoms with Crippen LogP contribution in [0, 0.1) is 0 Å². The summed E-state index contributed by atoms with van der Waals surface area (Å²) in [6.07, 6.45) is 1.85. The van der Waals surface area contributed by atoms with Crippen LogP contribution < -0.4 is 5.32 Å². The van der Waals surface area contributed by atoms with E-state index < -0.39 is 11.5 Å². The number of aliphatic carboxylic acids is 1. The van der Waals surface area contributed by atoms with Crippen LogP contribution >= 0.6 is 0 Å². The van der Waals surface area contributed by atoms with E-state index in [0.29, 0.717) is 32.7 Å². The second-order valence-electron chi connectivity index (χ2n) is 6.72. The fraction of sp³-hybridized carbons (Fsp3) is 0.938. The van der Waals surface area contributed by atoms with Gasteiger partial charge >= 0.3 is 5.97 Å². The van der Waals surface area contributed by atoms with Gasteiger partial charge in [0, 0.05) is 12.6 Å². The summed E-state index contributed by atoms with van der Waals surface area (Å²) >= 11 is 0. The van der Waals surface area contributed by atoms with Gasteiger partial charge in [0.05, 0.1) is 18.8 Å². The molecule has 0 aliphatic heterocycles. The van der Waals surface area contributed by atoms with Crippen LogP contribution in [0.15, 0.2) is 0 Å². The van der Waals surface area contributed by atoms with Gasteiger partial charge < -0.3 is 14.6 Å². The number of hydrogen-bond acceptors (Lipinski definition) is 4. The van der Waals surface area contributed by atoms with Gasteiger partial charge in [0.2, 0.25) is 0 Å². The van der Waals surface area contributed by atoms with Crippen LogP contribution in [-0.2, 0) is 14.3 Å². The van der Waals surface area contributed by atoms with Crippen molar-refractivity contribution in [3.63, 3.8) is 0 Å².